The van der Waals surface area contributed by atoms with Crippen LogP contribution >= 0.6 is 0 Å². The fraction of sp³-hybridized carbons (Fsp3) is 0.875. The highest BCUT2D eigenvalue weighted by Gasteiger charge is 2.36. The van der Waals surface area contributed by atoms with Crippen LogP contribution in [0.2, 0.25) is 0 Å². The van der Waals surface area contributed by atoms with Gasteiger partial charge in [-0.05, 0) is 19.8 Å². The molecule has 0 aromatic rings. The van der Waals surface area contributed by atoms with Gasteiger partial charge in [-0.15, -0.1) is 0 Å². The molecule has 1 aliphatic rings. The fourth-order valence-electron chi connectivity index (χ4n) is 1.90. The number of Topliss-reactive ketones (excluding diaryl/α,β-unsaturated/α-hetero) is 1. The molecule has 0 aromatic carbocycles. The van der Waals surface area contributed by atoms with Crippen LogP contribution in [0.25, 0.3) is 0 Å². The molecule has 0 aliphatic heterocycles. The molecule has 4 nitrogen and oxygen atoms in total. The van der Waals surface area contributed by atoms with Crippen LogP contribution in [0.4, 0.5) is 0 Å². The molecule has 1 fully saturated rings. The van der Waals surface area contributed by atoms with E-state index in [1.54, 1.807) is 0 Å². The largest absolute Gasteiger partial charge is 0.300 e. The Morgan fingerprint density at radius 2 is 2.25 bits per heavy atom. The Balaban J connectivity index is 2.52. The Morgan fingerprint density at radius 3 is 2.75 bits per heavy atom. The molecule has 1 saturated carbocycles. The van der Waals surface area contributed by atoms with Gasteiger partial charge in [0.2, 0.25) is 6.04 Å². The monoisotopic (exact) mass is 171 g/mol. The predicted octanol–water partition coefficient (Wildman–Crippen LogP) is 1.41. The second kappa shape index (κ2) is 3.65. The Hall–Kier alpha value is -0.930. The molecule has 68 valence electrons. The first-order chi connectivity index (χ1) is 5.61. The topological polar surface area (TPSA) is 60.2 Å². The SMILES string of the molecule is CC(=O)CC1CCCC1[N+](=O)[O-]. The zero-order chi connectivity index (χ0) is 9.14. The van der Waals surface area contributed by atoms with E-state index in [-0.39, 0.29) is 16.6 Å². The van der Waals surface area contributed by atoms with E-state index in [0.29, 0.717) is 12.8 Å². The van der Waals surface area contributed by atoms with Crippen LogP contribution in [0.15, 0.2) is 0 Å². The number of nitro groups is 1. The Kier molecular flexibility index (Phi) is 2.78. The van der Waals surface area contributed by atoms with Crippen LogP contribution < -0.4 is 0 Å². The van der Waals surface area contributed by atoms with Crippen molar-refractivity contribution in [2.24, 2.45) is 5.92 Å². The molecule has 0 bridgehead atoms. The lowest BCUT2D eigenvalue weighted by Gasteiger charge is -2.09. The van der Waals surface area contributed by atoms with Gasteiger partial charge in [-0.3, -0.25) is 10.1 Å². The van der Waals surface area contributed by atoms with Crippen molar-refractivity contribution >= 4 is 5.78 Å². The molecule has 0 spiro atoms. The standard InChI is InChI=1S/C8H13NO3/c1-6(10)5-7-3-2-4-8(7)9(11)12/h7-8H,2-5H2,1H3. The average molecular weight is 171 g/mol. The van der Waals surface area contributed by atoms with E-state index in [1.165, 1.54) is 6.92 Å². The van der Waals surface area contributed by atoms with Crippen LogP contribution in [-0.2, 0) is 4.79 Å². The van der Waals surface area contributed by atoms with E-state index in [1.807, 2.05) is 0 Å². The van der Waals surface area contributed by atoms with Gasteiger partial charge in [0, 0.05) is 23.7 Å². The molecular formula is C8H13NO3. The average Bonchev–Trinajstić information content (AvgIpc) is 2.33. The third-order valence-electron chi connectivity index (χ3n) is 2.44. The Labute approximate surface area is 71.1 Å². The molecule has 0 aromatic heterocycles. The summed E-state index contributed by atoms with van der Waals surface area (Å²) in [5.74, 6) is 0.0613. The van der Waals surface area contributed by atoms with Crippen molar-refractivity contribution in [3.05, 3.63) is 10.1 Å². The van der Waals surface area contributed by atoms with Crippen molar-refractivity contribution in [3.63, 3.8) is 0 Å². The molecule has 0 saturated heterocycles. The van der Waals surface area contributed by atoms with Crippen molar-refractivity contribution in [3.8, 4) is 0 Å². The molecule has 0 amide bonds. The molecule has 0 heterocycles. The van der Waals surface area contributed by atoms with Gasteiger partial charge in [0.05, 0.1) is 0 Å². The van der Waals surface area contributed by atoms with Crippen LogP contribution in [0.1, 0.15) is 32.6 Å². The summed E-state index contributed by atoms with van der Waals surface area (Å²) in [5.41, 5.74) is 0. The minimum Gasteiger partial charge on any atom is -0.300 e. The molecule has 12 heavy (non-hydrogen) atoms. The summed E-state index contributed by atoms with van der Waals surface area (Å²) in [6.07, 6.45) is 2.76. The highest BCUT2D eigenvalue weighted by molar-refractivity contribution is 5.75. The van der Waals surface area contributed by atoms with Crippen molar-refractivity contribution in [2.75, 3.05) is 0 Å². The summed E-state index contributed by atoms with van der Waals surface area (Å²) >= 11 is 0. The summed E-state index contributed by atoms with van der Waals surface area (Å²) in [4.78, 5) is 21.0. The first kappa shape index (κ1) is 9.16. The number of carbonyl (C=O) groups is 1. The maximum Gasteiger partial charge on any atom is 0.216 e. The van der Waals surface area contributed by atoms with E-state index in [4.69, 9.17) is 0 Å². The lowest BCUT2D eigenvalue weighted by molar-refractivity contribution is -0.528. The van der Waals surface area contributed by atoms with E-state index < -0.39 is 6.04 Å². The number of carbonyl (C=O) groups excluding carboxylic acids is 1. The molecule has 1 aliphatic carbocycles. The third kappa shape index (κ3) is 2.03. The van der Waals surface area contributed by atoms with Gasteiger partial charge in [0.1, 0.15) is 5.78 Å². The molecular weight excluding hydrogens is 158 g/mol. The number of rotatable bonds is 3. The zero-order valence-corrected chi connectivity index (χ0v) is 7.16. The highest BCUT2D eigenvalue weighted by atomic mass is 16.6. The fourth-order valence-corrected chi connectivity index (χ4v) is 1.90. The van der Waals surface area contributed by atoms with Gasteiger partial charge < -0.3 is 4.79 Å². The smallest absolute Gasteiger partial charge is 0.216 e. The van der Waals surface area contributed by atoms with Crippen molar-refractivity contribution < 1.29 is 9.72 Å². The van der Waals surface area contributed by atoms with Crippen molar-refractivity contribution in [1.82, 2.24) is 0 Å². The number of hydrogen-bond acceptors (Lipinski definition) is 3. The van der Waals surface area contributed by atoms with Crippen LogP contribution in [0.5, 0.6) is 0 Å². The van der Waals surface area contributed by atoms with Gasteiger partial charge in [0.15, 0.2) is 0 Å². The molecule has 4 heteroatoms. The zero-order valence-electron chi connectivity index (χ0n) is 7.16. The second-order valence-corrected chi connectivity index (χ2v) is 3.45. The van der Waals surface area contributed by atoms with Gasteiger partial charge in [-0.2, -0.15) is 0 Å². The van der Waals surface area contributed by atoms with E-state index in [0.717, 1.165) is 12.8 Å². The lowest BCUT2D eigenvalue weighted by Crippen LogP contribution is -2.25. The van der Waals surface area contributed by atoms with E-state index in [2.05, 4.69) is 0 Å². The predicted molar refractivity (Wildman–Crippen MR) is 43.4 cm³/mol. The summed E-state index contributed by atoms with van der Waals surface area (Å²) in [5, 5.41) is 10.5. The van der Waals surface area contributed by atoms with Gasteiger partial charge in [-0.25, -0.2) is 0 Å². The van der Waals surface area contributed by atoms with Gasteiger partial charge in [0.25, 0.3) is 0 Å². The Bertz CT molecular complexity index is 202. The normalized spacial score (nSPS) is 28.8. The maximum atomic E-state index is 10.7. The molecule has 1 rings (SSSR count). The third-order valence-corrected chi connectivity index (χ3v) is 2.44. The van der Waals surface area contributed by atoms with Gasteiger partial charge >= 0.3 is 0 Å². The number of hydrogen-bond donors (Lipinski definition) is 0. The summed E-state index contributed by atoms with van der Waals surface area (Å²) in [6.45, 7) is 1.50. The van der Waals surface area contributed by atoms with E-state index in [9.17, 15) is 14.9 Å². The quantitative estimate of drug-likeness (QED) is 0.476. The first-order valence-electron chi connectivity index (χ1n) is 4.24. The number of ketones is 1. The number of nitrogens with zero attached hydrogens (tertiary/aromatic N) is 1. The van der Waals surface area contributed by atoms with Crippen LogP contribution in [0.3, 0.4) is 0 Å². The van der Waals surface area contributed by atoms with Crippen molar-refractivity contribution in [1.29, 1.82) is 0 Å². The van der Waals surface area contributed by atoms with Crippen LogP contribution in [0, 0.1) is 16.0 Å². The Morgan fingerprint density at radius 1 is 1.58 bits per heavy atom. The molecule has 2 unspecified atom stereocenters. The van der Waals surface area contributed by atoms with Gasteiger partial charge in [-0.1, -0.05) is 0 Å². The minimum atomic E-state index is -0.464. The molecule has 0 radical (unpaired) electrons. The maximum absolute atomic E-state index is 10.7. The second-order valence-electron chi connectivity index (χ2n) is 3.45. The first-order valence-corrected chi connectivity index (χ1v) is 4.24. The summed E-state index contributed by atoms with van der Waals surface area (Å²) in [6, 6.07) is -0.464. The highest BCUT2D eigenvalue weighted by Crippen LogP contribution is 2.30. The summed E-state index contributed by atoms with van der Waals surface area (Å²) in [7, 11) is 0. The summed E-state index contributed by atoms with van der Waals surface area (Å²) < 4.78 is 0. The van der Waals surface area contributed by atoms with Crippen molar-refractivity contribution in [2.45, 2.75) is 38.6 Å². The lowest BCUT2D eigenvalue weighted by atomic mass is 9.98. The minimum absolute atomic E-state index is 0.00231. The van der Waals surface area contributed by atoms with E-state index >= 15 is 0 Å². The van der Waals surface area contributed by atoms with Crippen LogP contribution in [-0.4, -0.2) is 16.7 Å². The molecule has 0 N–H and O–H groups in total. The molecule has 2 atom stereocenters.